The molecule has 2 unspecified atom stereocenters. The second-order valence-corrected chi connectivity index (χ2v) is 6.34. The van der Waals surface area contributed by atoms with Crippen LogP contribution in [0.3, 0.4) is 0 Å². The molecular weight excluding hydrogens is 272 g/mol. The number of nitrogens with zero attached hydrogens (tertiary/aromatic N) is 2. The molecule has 1 amide bonds. The Morgan fingerprint density at radius 3 is 2.73 bits per heavy atom. The quantitative estimate of drug-likeness (QED) is 0.628. The average Bonchev–Trinajstić information content (AvgIpc) is 3.00. The molecule has 3 heteroatoms. The molecule has 3 nitrogen and oxygen atoms in total. The molecule has 0 bridgehead atoms. The van der Waals surface area contributed by atoms with E-state index in [1.807, 2.05) is 38.1 Å². The van der Waals surface area contributed by atoms with Crippen LogP contribution in [0.4, 0.5) is 0 Å². The van der Waals surface area contributed by atoms with Crippen LogP contribution >= 0.6 is 0 Å². The summed E-state index contributed by atoms with van der Waals surface area (Å²) in [7, 11) is 0. The smallest absolute Gasteiger partial charge is 0.247 e. The average molecular weight is 292 g/mol. The lowest BCUT2D eigenvalue weighted by molar-refractivity contribution is -0.127. The summed E-state index contributed by atoms with van der Waals surface area (Å²) in [6.07, 6.45) is 6.91. The third kappa shape index (κ3) is 2.46. The molecule has 1 aliphatic heterocycles. The van der Waals surface area contributed by atoms with Crippen LogP contribution in [0.15, 0.2) is 53.3 Å². The zero-order valence-electron chi connectivity index (χ0n) is 13.0. The number of carbonyl (C=O) groups is 1. The van der Waals surface area contributed by atoms with Gasteiger partial charge in [-0.2, -0.15) is 5.26 Å². The van der Waals surface area contributed by atoms with Crippen molar-refractivity contribution in [2.24, 2.45) is 11.8 Å². The van der Waals surface area contributed by atoms with Gasteiger partial charge in [-0.3, -0.25) is 4.79 Å². The Morgan fingerprint density at radius 1 is 1.36 bits per heavy atom. The van der Waals surface area contributed by atoms with E-state index in [1.165, 1.54) is 16.0 Å². The lowest BCUT2D eigenvalue weighted by atomic mass is 9.91. The van der Waals surface area contributed by atoms with E-state index < -0.39 is 0 Å². The van der Waals surface area contributed by atoms with Gasteiger partial charge in [-0.05, 0) is 44.2 Å². The van der Waals surface area contributed by atoms with E-state index in [4.69, 9.17) is 0 Å². The van der Waals surface area contributed by atoms with Crippen molar-refractivity contribution in [1.82, 2.24) is 4.90 Å². The number of benzene rings is 1. The van der Waals surface area contributed by atoms with Crippen LogP contribution in [0.5, 0.6) is 0 Å². The first-order valence-electron chi connectivity index (χ1n) is 7.76. The highest BCUT2D eigenvalue weighted by Gasteiger charge is 2.47. The van der Waals surface area contributed by atoms with Gasteiger partial charge in [0.25, 0.3) is 0 Å². The van der Waals surface area contributed by atoms with Gasteiger partial charge in [0, 0.05) is 11.6 Å². The normalized spacial score (nSPS) is 23.5. The van der Waals surface area contributed by atoms with Gasteiger partial charge in [-0.25, -0.2) is 4.90 Å². The van der Waals surface area contributed by atoms with Crippen molar-refractivity contribution in [3.05, 3.63) is 58.8 Å². The van der Waals surface area contributed by atoms with Crippen LogP contribution in [0.25, 0.3) is 0 Å². The van der Waals surface area contributed by atoms with Crippen molar-refractivity contribution in [3.63, 3.8) is 0 Å². The van der Waals surface area contributed by atoms with E-state index in [0.29, 0.717) is 0 Å². The summed E-state index contributed by atoms with van der Waals surface area (Å²) in [5.41, 5.74) is 4.59. The van der Waals surface area contributed by atoms with E-state index in [-0.39, 0.29) is 17.7 Å². The summed E-state index contributed by atoms with van der Waals surface area (Å²) in [6.45, 7) is 4.01. The number of likely N-dealkylation sites (tertiary alicyclic amines) is 1. The van der Waals surface area contributed by atoms with Gasteiger partial charge >= 0.3 is 0 Å². The number of amides is 1. The Kier molecular flexibility index (Phi) is 3.85. The summed E-state index contributed by atoms with van der Waals surface area (Å²) >= 11 is 0. The molecular formula is C19H20N2O. The maximum Gasteiger partial charge on any atom is 0.247 e. The number of carbonyl (C=O) groups excluding carboxylic acids is 1. The molecule has 1 heterocycles. The van der Waals surface area contributed by atoms with Crippen LogP contribution < -0.4 is 0 Å². The fraction of sp³-hybridized carbons (Fsp3) is 0.368. The molecule has 2 aliphatic rings. The van der Waals surface area contributed by atoms with Gasteiger partial charge in [0.1, 0.15) is 0 Å². The molecule has 1 aromatic carbocycles. The Morgan fingerprint density at radius 2 is 2.09 bits per heavy atom. The molecule has 0 N–H and O–H groups in total. The van der Waals surface area contributed by atoms with Gasteiger partial charge in [0.05, 0.1) is 5.92 Å². The van der Waals surface area contributed by atoms with Gasteiger partial charge < -0.3 is 0 Å². The van der Waals surface area contributed by atoms with Crippen molar-refractivity contribution in [2.45, 2.75) is 33.1 Å². The highest BCUT2D eigenvalue weighted by Crippen LogP contribution is 2.46. The topological polar surface area (TPSA) is 44.1 Å². The first-order valence-corrected chi connectivity index (χ1v) is 7.76. The third-order valence-electron chi connectivity index (χ3n) is 4.52. The Balaban J connectivity index is 1.97. The fourth-order valence-electron chi connectivity index (χ4n) is 3.64. The molecule has 0 aromatic heterocycles. The zero-order valence-corrected chi connectivity index (χ0v) is 13.0. The van der Waals surface area contributed by atoms with Crippen molar-refractivity contribution in [3.8, 4) is 6.19 Å². The van der Waals surface area contributed by atoms with Crippen LogP contribution in [0.1, 0.15) is 32.3 Å². The molecule has 3 rings (SSSR count). The van der Waals surface area contributed by atoms with Gasteiger partial charge in [-0.15, -0.1) is 0 Å². The monoisotopic (exact) mass is 292 g/mol. The fourth-order valence-corrected chi connectivity index (χ4v) is 3.64. The summed E-state index contributed by atoms with van der Waals surface area (Å²) in [5.74, 6) is -0.0392. The maximum absolute atomic E-state index is 12.5. The van der Waals surface area contributed by atoms with E-state index in [0.717, 1.165) is 30.5 Å². The molecule has 1 aromatic rings. The minimum absolute atomic E-state index is 0.0611. The van der Waals surface area contributed by atoms with Crippen molar-refractivity contribution in [2.75, 3.05) is 0 Å². The molecule has 0 spiro atoms. The first-order chi connectivity index (χ1) is 10.6. The second-order valence-electron chi connectivity index (χ2n) is 6.34. The molecule has 22 heavy (non-hydrogen) atoms. The molecule has 1 saturated heterocycles. The number of nitriles is 1. The summed E-state index contributed by atoms with van der Waals surface area (Å²) in [4.78, 5) is 13.9. The minimum atomic E-state index is -0.159. The van der Waals surface area contributed by atoms with E-state index >= 15 is 0 Å². The van der Waals surface area contributed by atoms with Crippen LogP contribution in [-0.2, 0) is 11.2 Å². The van der Waals surface area contributed by atoms with E-state index in [2.05, 4.69) is 18.3 Å². The summed E-state index contributed by atoms with van der Waals surface area (Å²) in [6, 6.07) is 10.3. The number of allylic oxidation sites excluding steroid dienone is 3. The van der Waals surface area contributed by atoms with Crippen molar-refractivity contribution >= 4 is 5.91 Å². The predicted molar refractivity (Wildman–Crippen MR) is 85.3 cm³/mol. The molecule has 0 radical (unpaired) electrons. The predicted octanol–water partition coefficient (Wildman–Crippen LogP) is 3.80. The largest absolute Gasteiger partial charge is 0.273 e. The number of fused-ring (bicyclic) bond motifs is 1. The highest BCUT2D eigenvalue weighted by atomic mass is 16.2. The van der Waals surface area contributed by atoms with Crippen LogP contribution in [-0.4, -0.2) is 10.8 Å². The number of rotatable bonds is 3. The molecule has 112 valence electrons. The van der Waals surface area contributed by atoms with Crippen molar-refractivity contribution < 1.29 is 4.79 Å². The van der Waals surface area contributed by atoms with Crippen LogP contribution in [0.2, 0.25) is 0 Å². The third-order valence-corrected chi connectivity index (χ3v) is 4.52. The lowest BCUT2D eigenvalue weighted by Gasteiger charge is -2.11. The standard InChI is InChI=1S/C19H20N2O/c1-13(2)10-17-16-9-8-15(11-14-6-4-3-5-7-14)18(16)21(12-20)19(17)22/h3-7,10,16-17H,8-9,11H2,1-2H3. The molecule has 1 fully saturated rings. The molecule has 0 saturated carbocycles. The van der Waals surface area contributed by atoms with Crippen molar-refractivity contribution in [1.29, 1.82) is 5.26 Å². The van der Waals surface area contributed by atoms with E-state index in [1.54, 1.807) is 0 Å². The second kappa shape index (κ2) is 5.81. The number of hydrogen-bond acceptors (Lipinski definition) is 2. The minimum Gasteiger partial charge on any atom is -0.273 e. The van der Waals surface area contributed by atoms with Gasteiger partial charge in [0.2, 0.25) is 5.91 Å². The van der Waals surface area contributed by atoms with E-state index in [9.17, 15) is 10.1 Å². The van der Waals surface area contributed by atoms with Crippen LogP contribution in [0, 0.1) is 23.3 Å². The summed E-state index contributed by atoms with van der Waals surface area (Å²) in [5, 5.41) is 9.42. The Hall–Kier alpha value is -2.34. The molecule has 1 aliphatic carbocycles. The van der Waals surface area contributed by atoms with Gasteiger partial charge in [-0.1, -0.05) is 42.0 Å². The first kappa shape index (κ1) is 14.6. The Bertz CT molecular complexity index is 690. The highest BCUT2D eigenvalue weighted by molar-refractivity contribution is 5.88. The number of hydrogen-bond donors (Lipinski definition) is 0. The zero-order chi connectivity index (χ0) is 15.7. The maximum atomic E-state index is 12.5. The lowest BCUT2D eigenvalue weighted by Crippen LogP contribution is -2.22. The van der Waals surface area contributed by atoms with Gasteiger partial charge in [0.15, 0.2) is 6.19 Å². The SMILES string of the molecule is CC(C)=CC1C(=O)N(C#N)C2=C(Cc3ccccc3)CCC21. The summed E-state index contributed by atoms with van der Waals surface area (Å²) < 4.78 is 0. The Labute approximate surface area is 131 Å². The molecule has 2 atom stereocenters.